The first kappa shape index (κ1) is 15.1. The molecule has 1 aromatic carbocycles. The number of aromatic nitrogens is 2. The SMILES string of the molecule is Nc1ccc2nc(SCC(=O)Nc3cccc(Cl)n3)sc2c1. The van der Waals surface area contributed by atoms with E-state index in [2.05, 4.69) is 15.3 Å². The van der Waals surface area contributed by atoms with Crippen LogP contribution in [-0.4, -0.2) is 21.6 Å². The molecule has 0 saturated heterocycles. The summed E-state index contributed by atoms with van der Waals surface area (Å²) >= 11 is 8.67. The zero-order valence-electron chi connectivity index (χ0n) is 11.2. The predicted octanol–water partition coefficient (Wildman–Crippen LogP) is 3.66. The lowest BCUT2D eigenvalue weighted by Gasteiger charge is -2.03. The fourth-order valence-corrected chi connectivity index (χ4v) is 3.85. The molecule has 0 atom stereocenters. The van der Waals surface area contributed by atoms with Crippen molar-refractivity contribution in [3.63, 3.8) is 0 Å². The van der Waals surface area contributed by atoms with Gasteiger partial charge in [0.2, 0.25) is 5.91 Å². The van der Waals surface area contributed by atoms with Gasteiger partial charge < -0.3 is 11.1 Å². The van der Waals surface area contributed by atoms with Crippen molar-refractivity contribution in [2.75, 3.05) is 16.8 Å². The zero-order valence-corrected chi connectivity index (χ0v) is 13.6. The molecule has 0 radical (unpaired) electrons. The van der Waals surface area contributed by atoms with Crippen molar-refractivity contribution in [1.29, 1.82) is 0 Å². The van der Waals surface area contributed by atoms with E-state index in [0.717, 1.165) is 14.6 Å². The van der Waals surface area contributed by atoms with Crippen molar-refractivity contribution in [2.24, 2.45) is 0 Å². The minimum atomic E-state index is -0.154. The Bertz CT molecular complexity index is 837. The number of hydrogen-bond donors (Lipinski definition) is 2. The van der Waals surface area contributed by atoms with Crippen molar-refractivity contribution in [2.45, 2.75) is 4.34 Å². The summed E-state index contributed by atoms with van der Waals surface area (Å²) in [6.45, 7) is 0. The van der Waals surface area contributed by atoms with E-state index >= 15 is 0 Å². The first-order valence-corrected chi connectivity index (χ1v) is 8.49. The van der Waals surface area contributed by atoms with Gasteiger partial charge in [-0.1, -0.05) is 29.4 Å². The molecule has 3 aromatic rings. The Hall–Kier alpha value is -1.83. The number of amides is 1. The van der Waals surface area contributed by atoms with E-state index in [9.17, 15) is 4.79 Å². The van der Waals surface area contributed by atoms with Crippen LogP contribution in [0.1, 0.15) is 0 Å². The third-order valence-corrected chi connectivity index (χ3v) is 5.07. The van der Waals surface area contributed by atoms with Crippen LogP contribution >= 0.6 is 34.7 Å². The normalized spacial score (nSPS) is 10.8. The van der Waals surface area contributed by atoms with E-state index in [0.29, 0.717) is 16.7 Å². The number of pyridine rings is 1. The van der Waals surface area contributed by atoms with E-state index in [1.165, 1.54) is 23.1 Å². The minimum Gasteiger partial charge on any atom is -0.399 e. The molecular weight excluding hydrogens is 340 g/mol. The molecule has 0 aliphatic heterocycles. The monoisotopic (exact) mass is 350 g/mol. The number of thiazole rings is 1. The Balaban J connectivity index is 1.62. The average Bonchev–Trinajstić information content (AvgIpc) is 2.87. The van der Waals surface area contributed by atoms with Crippen molar-refractivity contribution in [3.8, 4) is 0 Å². The van der Waals surface area contributed by atoms with Crippen molar-refractivity contribution in [3.05, 3.63) is 41.6 Å². The number of halogens is 1. The Kier molecular flexibility index (Phi) is 4.47. The number of fused-ring (bicyclic) bond motifs is 1. The molecule has 2 heterocycles. The molecule has 0 aliphatic carbocycles. The van der Waals surface area contributed by atoms with E-state index in [1.807, 2.05) is 18.2 Å². The van der Waals surface area contributed by atoms with Gasteiger partial charge in [-0.25, -0.2) is 9.97 Å². The second kappa shape index (κ2) is 6.51. The van der Waals surface area contributed by atoms with Gasteiger partial charge in [0.05, 0.1) is 16.0 Å². The molecule has 8 heteroatoms. The Labute approximate surface area is 139 Å². The molecule has 0 aliphatic rings. The van der Waals surface area contributed by atoms with Gasteiger partial charge in [0.1, 0.15) is 11.0 Å². The van der Waals surface area contributed by atoms with Crippen molar-refractivity contribution < 1.29 is 4.79 Å². The first-order chi connectivity index (χ1) is 10.6. The second-order valence-corrected chi connectivity index (χ2v) is 7.03. The highest BCUT2D eigenvalue weighted by atomic mass is 35.5. The fraction of sp³-hybridized carbons (Fsp3) is 0.0714. The van der Waals surface area contributed by atoms with Crippen LogP contribution < -0.4 is 11.1 Å². The fourth-order valence-electron chi connectivity index (χ4n) is 1.77. The van der Waals surface area contributed by atoms with Crippen LogP contribution in [0.2, 0.25) is 5.15 Å². The number of carbonyl (C=O) groups excluding carboxylic acids is 1. The maximum absolute atomic E-state index is 11.9. The number of hydrogen-bond acceptors (Lipinski definition) is 6. The van der Waals surface area contributed by atoms with E-state index in [-0.39, 0.29) is 11.7 Å². The van der Waals surface area contributed by atoms with Gasteiger partial charge in [-0.3, -0.25) is 4.79 Å². The van der Waals surface area contributed by atoms with E-state index < -0.39 is 0 Å². The van der Waals surface area contributed by atoms with Gasteiger partial charge in [-0.05, 0) is 30.3 Å². The molecule has 0 bridgehead atoms. The topological polar surface area (TPSA) is 80.9 Å². The molecule has 0 unspecified atom stereocenters. The minimum absolute atomic E-state index is 0.154. The molecule has 2 aromatic heterocycles. The Morgan fingerprint density at radius 2 is 2.18 bits per heavy atom. The summed E-state index contributed by atoms with van der Waals surface area (Å²) in [5.41, 5.74) is 7.34. The summed E-state index contributed by atoms with van der Waals surface area (Å²) in [5.74, 6) is 0.539. The molecular formula is C14H11ClN4OS2. The van der Waals surface area contributed by atoms with Crippen LogP contribution in [0.25, 0.3) is 10.2 Å². The van der Waals surface area contributed by atoms with Gasteiger partial charge in [-0.2, -0.15) is 0 Å². The molecule has 3 rings (SSSR count). The summed E-state index contributed by atoms with van der Waals surface area (Å²) in [5, 5.41) is 3.04. The van der Waals surface area contributed by atoms with Crippen LogP contribution in [0, 0.1) is 0 Å². The van der Waals surface area contributed by atoms with Gasteiger partial charge in [0.25, 0.3) is 0 Å². The van der Waals surface area contributed by atoms with Crippen LogP contribution in [0.15, 0.2) is 40.7 Å². The van der Waals surface area contributed by atoms with Crippen LogP contribution in [0.4, 0.5) is 11.5 Å². The van der Waals surface area contributed by atoms with E-state index in [1.54, 1.807) is 18.2 Å². The third-order valence-electron chi connectivity index (χ3n) is 2.70. The van der Waals surface area contributed by atoms with E-state index in [4.69, 9.17) is 17.3 Å². The molecule has 0 fully saturated rings. The standard InChI is InChI=1S/C14H11ClN4OS2/c15-11-2-1-3-12(18-11)19-13(20)7-21-14-17-9-5-4-8(16)6-10(9)22-14/h1-6H,7,16H2,(H,18,19,20). The number of anilines is 2. The van der Waals surface area contributed by atoms with Crippen molar-refractivity contribution in [1.82, 2.24) is 9.97 Å². The van der Waals surface area contributed by atoms with Crippen molar-refractivity contribution >= 4 is 62.3 Å². The largest absolute Gasteiger partial charge is 0.399 e. The molecule has 112 valence electrons. The quantitative estimate of drug-likeness (QED) is 0.426. The average molecular weight is 351 g/mol. The third kappa shape index (κ3) is 3.68. The molecule has 0 saturated carbocycles. The number of nitrogens with two attached hydrogens (primary N) is 1. The van der Waals surface area contributed by atoms with Gasteiger partial charge >= 0.3 is 0 Å². The first-order valence-electron chi connectivity index (χ1n) is 6.31. The number of benzene rings is 1. The summed E-state index contributed by atoms with van der Waals surface area (Å²) in [7, 11) is 0. The van der Waals surface area contributed by atoms with Crippen LogP contribution in [0.3, 0.4) is 0 Å². The highest BCUT2D eigenvalue weighted by Crippen LogP contribution is 2.30. The molecule has 1 amide bonds. The Morgan fingerprint density at radius 3 is 3.00 bits per heavy atom. The highest BCUT2D eigenvalue weighted by molar-refractivity contribution is 8.01. The summed E-state index contributed by atoms with van der Waals surface area (Å²) in [4.78, 5) is 20.4. The second-order valence-electron chi connectivity index (χ2n) is 4.39. The summed E-state index contributed by atoms with van der Waals surface area (Å²) in [6.07, 6.45) is 0. The number of nitrogens with zero attached hydrogens (tertiary/aromatic N) is 2. The molecule has 3 N–H and O–H groups in total. The smallest absolute Gasteiger partial charge is 0.235 e. The lowest BCUT2D eigenvalue weighted by molar-refractivity contribution is -0.113. The maximum atomic E-state index is 11.9. The Morgan fingerprint density at radius 1 is 1.32 bits per heavy atom. The number of carbonyl (C=O) groups is 1. The number of rotatable bonds is 4. The number of nitrogens with one attached hydrogen (secondary N) is 1. The number of nitrogen functional groups attached to an aromatic ring is 1. The van der Waals surface area contributed by atoms with Gasteiger partial charge in [0, 0.05) is 5.69 Å². The molecule has 5 nitrogen and oxygen atoms in total. The lowest BCUT2D eigenvalue weighted by Crippen LogP contribution is -2.14. The van der Waals surface area contributed by atoms with Crippen LogP contribution in [0.5, 0.6) is 0 Å². The molecule has 0 spiro atoms. The summed E-state index contributed by atoms with van der Waals surface area (Å²) < 4.78 is 1.84. The highest BCUT2D eigenvalue weighted by Gasteiger charge is 2.09. The number of thioether (sulfide) groups is 1. The van der Waals surface area contributed by atoms with Crippen LogP contribution in [-0.2, 0) is 4.79 Å². The zero-order chi connectivity index (χ0) is 15.5. The maximum Gasteiger partial charge on any atom is 0.235 e. The summed E-state index contributed by atoms with van der Waals surface area (Å²) in [6, 6.07) is 10.6. The van der Waals surface area contributed by atoms with Gasteiger partial charge in [0.15, 0.2) is 4.34 Å². The molecule has 22 heavy (non-hydrogen) atoms. The lowest BCUT2D eigenvalue weighted by atomic mass is 10.3. The van der Waals surface area contributed by atoms with Gasteiger partial charge in [-0.15, -0.1) is 11.3 Å². The predicted molar refractivity (Wildman–Crippen MR) is 92.6 cm³/mol.